The van der Waals surface area contributed by atoms with Gasteiger partial charge in [0.05, 0.1) is 11.4 Å². The van der Waals surface area contributed by atoms with Gasteiger partial charge in [-0.05, 0) is 152 Å². The van der Waals surface area contributed by atoms with Gasteiger partial charge in [0.15, 0.2) is 0 Å². The molecule has 11 rings (SSSR count). The fourth-order valence-corrected chi connectivity index (χ4v) is 9.98. The maximum atomic E-state index is 6.84. The van der Waals surface area contributed by atoms with Crippen molar-refractivity contribution in [1.82, 2.24) is 0 Å². The Hall–Kier alpha value is -7.88. The molecule has 1 heterocycles. The summed E-state index contributed by atoms with van der Waals surface area (Å²) in [6.45, 7) is 15.8. The molecule has 1 aromatic heterocycles. The number of benzene rings is 10. The molecule has 0 radical (unpaired) electrons. The lowest BCUT2D eigenvalue weighted by atomic mass is 9.87. The van der Waals surface area contributed by atoms with Crippen LogP contribution in [0.1, 0.15) is 77.0 Å². The van der Waals surface area contributed by atoms with Crippen LogP contribution in [0.3, 0.4) is 0 Å². The van der Waals surface area contributed by atoms with Crippen LogP contribution >= 0.6 is 0 Å². The average Bonchev–Trinajstić information content (AvgIpc) is 3.71. The molecule has 0 fully saturated rings. The Balaban J connectivity index is 1.02. The summed E-state index contributed by atoms with van der Waals surface area (Å²) in [5.41, 5.74) is 17.1. The van der Waals surface area contributed by atoms with Crippen LogP contribution in [-0.2, 0) is 5.41 Å². The minimum absolute atomic E-state index is 0.0453. The standard InChI is InChI=1S/C66H58N2O/c1-43(2)45-21-23-48(24-22-45)59-18-12-14-20-63(59)68(55-35-29-53(30-36-55)66(5,6)7)57-34-28-50-40-61-60-39-49-27-33-56(37-51(49)41-64(60)69-65(61)42-52(50)38-57)67(54-31-25-46(26-32-54)44(3)4)62-19-13-11-17-58(62)47-15-9-8-10-16-47/h8-44H,1-7H3. The van der Waals surface area contributed by atoms with E-state index in [1.165, 1.54) is 49.7 Å². The summed E-state index contributed by atoms with van der Waals surface area (Å²) in [4.78, 5) is 4.80. The predicted octanol–water partition coefficient (Wildman–Crippen LogP) is 19.7. The van der Waals surface area contributed by atoms with Crippen LogP contribution in [0.4, 0.5) is 34.1 Å². The van der Waals surface area contributed by atoms with Crippen LogP contribution in [-0.4, -0.2) is 0 Å². The monoisotopic (exact) mass is 894 g/mol. The summed E-state index contributed by atoms with van der Waals surface area (Å²) in [7, 11) is 0. The van der Waals surface area contributed by atoms with E-state index in [0.29, 0.717) is 11.8 Å². The fourth-order valence-electron chi connectivity index (χ4n) is 9.98. The Kier molecular flexibility index (Phi) is 11.2. The molecule has 0 aliphatic carbocycles. The predicted molar refractivity (Wildman–Crippen MR) is 296 cm³/mol. The van der Waals surface area contributed by atoms with Crippen molar-refractivity contribution in [2.75, 3.05) is 9.80 Å². The number of nitrogens with zero attached hydrogens (tertiary/aromatic N) is 2. The molecular formula is C66H58N2O. The minimum Gasteiger partial charge on any atom is -0.456 e. The van der Waals surface area contributed by atoms with E-state index in [2.05, 4.69) is 271 Å². The van der Waals surface area contributed by atoms with Crippen molar-refractivity contribution >= 4 is 77.6 Å². The number of hydrogen-bond donors (Lipinski definition) is 0. The van der Waals surface area contributed by atoms with E-state index in [1.807, 2.05) is 0 Å². The number of rotatable bonds is 10. The maximum absolute atomic E-state index is 6.84. The van der Waals surface area contributed by atoms with Crippen LogP contribution in [0.25, 0.3) is 65.7 Å². The van der Waals surface area contributed by atoms with Gasteiger partial charge in [-0.1, -0.05) is 176 Å². The van der Waals surface area contributed by atoms with Gasteiger partial charge in [-0.25, -0.2) is 0 Å². The number of furan rings is 1. The summed E-state index contributed by atoms with van der Waals surface area (Å²) in [6, 6.07) is 78.1. The topological polar surface area (TPSA) is 19.6 Å². The zero-order valence-corrected chi connectivity index (χ0v) is 40.7. The first kappa shape index (κ1) is 43.7. The summed E-state index contributed by atoms with van der Waals surface area (Å²) in [5.74, 6) is 0.918. The van der Waals surface area contributed by atoms with E-state index in [-0.39, 0.29) is 5.41 Å². The smallest absolute Gasteiger partial charge is 0.136 e. The first-order valence-electron chi connectivity index (χ1n) is 24.5. The zero-order chi connectivity index (χ0) is 47.4. The van der Waals surface area contributed by atoms with Gasteiger partial charge in [0.2, 0.25) is 0 Å². The molecule has 10 aromatic carbocycles. The van der Waals surface area contributed by atoms with Gasteiger partial charge in [-0.15, -0.1) is 0 Å². The van der Waals surface area contributed by atoms with Gasteiger partial charge in [0.1, 0.15) is 11.2 Å². The Labute approximate surface area is 406 Å². The third-order valence-electron chi connectivity index (χ3n) is 13.9. The molecule has 3 nitrogen and oxygen atoms in total. The van der Waals surface area contributed by atoms with Gasteiger partial charge in [0.25, 0.3) is 0 Å². The molecule has 11 aromatic rings. The number of hydrogen-bond acceptors (Lipinski definition) is 3. The molecule has 338 valence electrons. The van der Waals surface area contributed by atoms with E-state index in [1.54, 1.807) is 0 Å². The molecule has 69 heavy (non-hydrogen) atoms. The van der Waals surface area contributed by atoms with Crippen molar-refractivity contribution in [3.63, 3.8) is 0 Å². The van der Waals surface area contributed by atoms with Crippen LogP contribution in [0.2, 0.25) is 0 Å². The molecule has 0 spiro atoms. The van der Waals surface area contributed by atoms with Gasteiger partial charge >= 0.3 is 0 Å². The highest BCUT2D eigenvalue weighted by atomic mass is 16.3. The Morgan fingerprint density at radius 3 is 1.23 bits per heavy atom. The van der Waals surface area contributed by atoms with Crippen LogP contribution in [0.5, 0.6) is 0 Å². The lowest BCUT2D eigenvalue weighted by Gasteiger charge is -2.29. The largest absolute Gasteiger partial charge is 0.456 e. The zero-order valence-electron chi connectivity index (χ0n) is 40.7. The van der Waals surface area contributed by atoms with Crippen molar-refractivity contribution in [3.8, 4) is 22.3 Å². The van der Waals surface area contributed by atoms with Gasteiger partial charge in [-0.3, -0.25) is 0 Å². The second-order valence-corrected chi connectivity index (χ2v) is 20.3. The highest BCUT2D eigenvalue weighted by Gasteiger charge is 2.22. The number of fused-ring (bicyclic) bond motifs is 5. The van der Waals surface area contributed by atoms with Crippen LogP contribution < -0.4 is 9.80 Å². The molecule has 0 amide bonds. The van der Waals surface area contributed by atoms with Crippen molar-refractivity contribution < 1.29 is 4.42 Å². The highest BCUT2D eigenvalue weighted by Crippen LogP contribution is 2.45. The SMILES string of the molecule is CC(C)c1ccc(-c2ccccc2N(c2ccc(C(C)(C)C)cc2)c2ccc3cc4c(cc3c2)oc2cc3cc(N(c5ccc(C(C)C)cc5)c5ccccc5-c5ccccc5)ccc3cc24)cc1. The number of para-hydroxylation sites is 2. The first-order chi connectivity index (χ1) is 33.5. The Morgan fingerprint density at radius 1 is 0.362 bits per heavy atom. The molecule has 0 saturated carbocycles. The normalized spacial score (nSPS) is 12.0. The third kappa shape index (κ3) is 8.33. The summed E-state index contributed by atoms with van der Waals surface area (Å²) in [5, 5.41) is 6.81. The van der Waals surface area contributed by atoms with Gasteiger partial charge < -0.3 is 14.2 Å². The molecule has 0 aliphatic heterocycles. The molecular weight excluding hydrogens is 837 g/mol. The lowest BCUT2D eigenvalue weighted by Crippen LogP contribution is -2.13. The molecule has 0 saturated heterocycles. The molecule has 0 bridgehead atoms. The van der Waals surface area contributed by atoms with Crippen molar-refractivity contribution in [2.24, 2.45) is 0 Å². The Bertz CT molecular complexity index is 3630. The highest BCUT2D eigenvalue weighted by molar-refractivity contribution is 6.14. The second-order valence-electron chi connectivity index (χ2n) is 20.3. The second kappa shape index (κ2) is 17.6. The third-order valence-corrected chi connectivity index (χ3v) is 13.9. The van der Waals surface area contributed by atoms with E-state index in [4.69, 9.17) is 4.42 Å². The minimum atomic E-state index is 0.0453. The van der Waals surface area contributed by atoms with E-state index < -0.39 is 0 Å². The Morgan fingerprint density at radius 2 is 0.768 bits per heavy atom. The first-order valence-corrected chi connectivity index (χ1v) is 24.5. The summed E-state index contributed by atoms with van der Waals surface area (Å²) < 4.78 is 6.84. The maximum Gasteiger partial charge on any atom is 0.136 e. The van der Waals surface area contributed by atoms with E-state index in [0.717, 1.165) is 66.8 Å². The average molecular weight is 895 g/mol. The van der Waals surface area contributed by atoms with Crippen molar-refractivity contribution in [2.45, 2.75) is 65.7 Å². The van der Waals surface area contributed by atoms with Crippen molar-refractivity contribution in [3.05, 3.63) is 229 Å². The van der Waals surface area contributed by atoms with E-state index in [9.17, 15) is 0 Å². The summed E-state index contributed by atoms with van der Waals surface area (Å²) >= 11 is 0. The number of anilines is 6. The molecule has 0 aliphatic rings. The summed E-state index contributed by atoms with van der Waals surface area (Å²) in [6.07, 6.45) is 0. The van der Waals surface area contributed by atoms with Crippen molar-refractivity contribution in [1.29, 1.82) is 0 Å². The lowest BCUT2D eigenvalue weighted by molar-refractivity contribution is 0.590. The van der Waals surface area contributed by atoms with Crippen LogP contribution in [0.15, 0.2) is 217 Å². The van der Waals surface area contributed by atoms with Gasteiger partial charge in [-0.2, -0.15) is 0 Å². The quantitative estimate of drug-likeness (QED) is 0.136. The fraction of sp³-hybridized carbons (Fsp3) is 0.152. The van der Waals surface area contributed by atoms with Crippen LogP contribution in [0, 0.1) is 0 Å². The van der Waals surface area contributed by atoms with E-state index >= 15 is 0 Å². The molecule has 0 atom stereocenters. The molecule has 3 heteroatoms. The molecule has 0 unspecified atom stereocenters. The van der Waals surface area contributed by atoms with Gasteiger partial charge in [0, 0.05) is 44.6 Å². The molecule has 0 N–H and O–H groups in total.